The fraction of sp³-hybridized carbons (Fsp3) is 0.0952. The van der Waals surface area contributed by atoms with Crippen LogP contribution in [0.5, 0.6) is 11.5 Å². The summed E-state index contributed by atoms with van der Waals surface area (Å²) >= 11 is 0. The number of hydrogen-bond donors (Lipinski definition) is 1. The summed E-state index contributed by atoms with van der Waals surface area (Å²) in [5.74, 6) is 0.185. The summed E-state index contributed by atoms with van der Waals surface area (Å²) in [7, 11) is -7.84. The molecule has 0 aliphatic rings. The SMILES string of the molecule is CCOc1cc(/C=N/NS(=O)(=O)c2ccccc2)ccc1OS(=O)(=O)c1ccccc1. The maximum Gasteiger partial charge on any atom is 0.339 e. The average molecular weight is 461 g/mol. The first kappa shape index (κ1) is 22.3. The Morgan fingerprint density at radius 2 is 1.45 bits per heavy atom. The topological polar surface area (TPSA) is 111 Å². The number of ether oxygens (including phenoxy) is 1. The maximum atomic E-state index is 12.5. The van der Waals surface area contributed by atoms with Crippen molar-refractivity contribution in [1.82, 2.24) is 4.83 Å². The molecular formula is C21H20N2O6S2. The summed E-state index contributed by atoms with van der Waals surface area (Å²) in [5, 5.41) is 3.77. The lowest BCUT2D eigenvalue weighted by molar-refractivity contribution is 0.327. The van der Waals surface area contributed by atoms with Crippen LogP contribution in [0.1, 0.15) is 12.5 Å². The molecule has 0 unspecified atom stereocenters. The molecule has 0 amide bonds. The van der Waals surface area contributed by atoms with Crippen LogP contribution < -0.4 is 13.8 Å². The molecule has 162 valence electrons. The number of hydrazone groups is 1. The fourth-order valence-corrected chi connectivity index (χ4v) is 4.29. The van der Waals surface area contributed by atoms with Crippen molar-refractivity contribution in [2.45, 2.75) is 16.7 Å². The summed E-state index contributed by atoms with van der Waals surface area (Å²) in [6.07, 6.45) is 1.28. The highest BCUT2D eigenvalue weighted by atomic mass is 32.2. The Bertz CT molecular complexity index is 1260. The summed E-state index contributed by atoms with van der Waals surface area (Å²) < 4.78 is 60.1. The molecule has 0 saturated carbocycles. The van der Waals surface area contributed by atoms with Crippen molar-refractivity contribution in [3.05, 3.63) is 84.4 Å². The molecule has 10 heteroatoms. The quantitative estimate of drug-likeness (QED) is 0.298. The normalized spacial score (nSPS) is 11.9. The largest absolute Gasteiger partial charge is 0.490 e. The van der Waals surface area contributed by atoms with Gasteiger partial charge in [-0.2, -0.15) is 21.9 Å². The number of benzene rings is 3. The molecule has 31 heavy (non-hydrogen) atoms. The van der Waals surface area contributed by atoms with Crippen molar-refractivity contribution in [2.75, 3.05) is 6.61 Å². The van der Waals surface area contributed by atoms with E-state index in [4.69, 9.17) is 8.92 Å². The Kier molecular flexibility index (Phi) is 6.93. The summed E-state index contributed by atoms with van der Waals surface area (Å²) in [6, 6.07) is 20.0. The first-order valence-electron chi connectivity index (χ1n) is 9.18. The zero-order valence-electron chi connectivity index (χ0n) is 16.5. The maximum absolute atomic E-state index is 12.5. The lowest BCUT2D eigenvalue weighted by Crippen LogP contribution is -2.18. The lowest BCUT2D eigenvalue weighted by atomic mass is 10.2. The minimum absolute atomic E-state index is 0.00715. The minimum atomic E-state index is -4.04. The molecule has 0 heterocycles. The van der Waals surface area contributed by atoms with Gasteiger partial charge < -0.3 is 8.92 Å². The van der Waals surface area contributed by atoms with Gasteiger partial charge in [0.15, 0.2) is 11.5 Å². The molecule has 0 aromatic heterocycles. The van der Waals surface area contributed by atoms with E-state index in [2.05, 4.69) is 9.93 Å². The van der Waals surface area contributed by atoms with Crippen LogP contribution in [0.3, 0.4) is 0 Å². The van der Waals surface area contributed by atoms with Crippen molar-refractivity contribution in [3.63, 3.8) is 0 Å². The van der Waals surface area contributed by atoms with Crippen molar-refractivity contribution in [3.8, 4) is 11.5 Å². The van der Waals surface area contributed by atoms with Gasteiger partial charge in [-0.05, 0) is 55.0 Å². The van der Waals surface area contributed by atoms with Crippen LogP contribution in [0.25, 0.3) is 0 Å². The van der Waals surface area contributed by atoms with Gasteiger partial charge in [-0.25, -0.2) is 4.83 Å². The van der Waals surface area contributed by atoms with Crippen LogP contribution >= 0.6 is 0 Å². The van der Waals surface area contributed by atoms with Crippen LogP contribution in [0.15, 0.2) is 93.8 Å². The first-order valence-corrected chi connectivity index (χ1v) is 12.1. The molecule has 1 N–H and O–H groups in total. The van der Waals surface area contributed by atoms with Crippen LogP contribution in [0.2, 0.25) is 0 Å². The van der Waals surface area contributed by atoms with E-state index in [1.165, 1.54) is 48.7 Å². The van der Waals surface area contributed by atoms with E-state index < -0.39 is 20.1 Å². The van der Waals surface area contributed by atoms with Gasteiger partial charge >= 0.3 is 10.1 Å². The van der Waals surface area contributed by atoms with Gasteiger partial charge in [0.25, 0.3) is 10.0 Å². The van der Waals surface area contributed by atoms with Gasteiger partial charge in [-0.1, -0.05) is 36.4 Å². The molecule has 3 aromatic carbocycles. The zero-order chi connectivity index (χ0) is 22.3. The molecule has 0 aliphatic heterocycles. The Hall–Kier alpha value is -3.37. The first-order chi connectivity index (χ1) is 14.8. The number of nitrogens with one attached hydrogen (secondary N) is 1. The average Bonchev–Trinajstić information content (AvgIpc) is 2.77. The molecule has 0 radical (unpaired) electrons. The van der Waals surface area contributed by atoms with Gasteiger partial charge in [0.1, 0.15) is 4.90 Å². The Morgan fingerprint density at radius 1 is 0.839 bits per heavy atom. The van der Waals surface area contributed by atoms with E-state index >= 15 is 0 Å². The second-order valence-corrected chi connectivity index (χ2v) is 9.36. The number of hydrogen-bond acceptors (Lipinski definition) is 7. The molecule has 0 aliphatic carbocycles. The van der Waals surface area contributed by atoms with Crippen molar-refractivity contribution in [2.24, 2.45) is 5.10 Å². The molecule has 0 spiro atoms. The van der Waals surface area contributed by atoms with E-state index in [1.807, 2.05) is 0 Å². The predicted molar refractivity (Wildman–Crippen MR) is 116 cm³/mol. The van der Waals surface area contributed by atoms with E-state index in [9.17, 15) is 16.8 Å². The van der Waals surface area contributed by atoms with E-state index in [1.54, 1.807) is 43.3 Å². The molecular weight excluding hydrogens is 440 g/mol. The number of nitrogens with zero attached hydrogens (tertiary/aromatic N) is 1. The van der Waals surface area contributed by atoms with Gasteiger partial charge in [-0.15, -0.1) is 0 Å². The summed E-state index contributed by atoms with van der Waals surface area (Å²) in [4.78, 5) is 2.22. The highest BCUT2D eigenvalue weighted by Gasteiger charge is 2.19. The standard InChI is InChI=1S/C21H20N2O6S2/c1-2-28-21-15-17(16-22-23-30(24,25)18-9-5-3-6-10-18)13-14-20(21)29-31(26,27)19-11-7-4-8-12-19/h3-16,23H,2H2,1H3/b22-16+. The zero-order valence-corrected chi connectivity index (χ0v) is 18.1. The summed E-state index contributed by atoms with van der Waals surface area (Å²) in [5.41, 5.74) is 0.476. The van der Waals surface area contributed by atoms with Gasteiger partial charge in [0.2, 0.25) is 0 Å². The molecule has 0 saturated heterocycles. The minimum Gasteiger partial charge on any atom is -0.490 e. The smallest absolute Gasteiger partial charge is 0.339 e. The molecule has 0 bridgehead atoms. The number of rotatable bonds is 9. The van der Waals surface area contributed by atoms with Gasteiger partial charge in [-0.3, -0.25) is 0 Å². The van der Waals surface area contributed by atoms with E-state index in [0.717, 1.165) is 0 Å². The van der Waals surface area contributed by atoms with Gasteiger partial charge in [0.05, 0.1) is 17.7 Å². The van der Waals surface area contributed by atoms with E-state index in [-0.39, 0.29) is 27.9 Å². The third kappa shape index (κ3) is 5.83. The molecule has 3 rings (SSSR count). The highest BCUT2D eigenvalue weighted by molar-refractivity contribution is 7.89. The van der Waals surface area contributed by atoms with Crippen LogP contribution in [0.4, 0.5) is 0 Å². The molecule has 3 aromatic rings. The van der Waals surface area contributed by atoms with Crippen LogP contribution in [-0.2, 0) is 20.1 Å². The van der Waals surface area contributed by atoms with Crippen LogP contribution in [-0.4, -0.2) is 29.7 Å². The summed E-state index contributed by atoms with van der Waals surface area (Å²) in [6.45, 7) is 2.01. The second-order valence-electron chi connectivity index (χ2n) is 6.16. The Balaban J connectivity index is 1.79. The Morgan fingerprint density at radius 3 is 2.06 bits per heavy atom. The van der Waals surface area contributed by atoms with Crippen molar-refractivity contribution < 1.29 is 25.8 Å². The monoisotopic (exact) mass is 460 g/mol. The third-order valence-electron chi connectivity index (χ3n) is 3.94. The third-order valence-corrected chi connectivity index (χ3v) is 6.43. The fourth-order valence-electron chi connectivity index (χ4n) is 2.52. The molecule has 0 fully saturated rings. The van der Waals surface area contributed by atoms with E-state index in [0.29, 0.717) is 5.56 Å². The van der Waals surface area contributed by atoms with Crippen molar-refractivity contribution in [1.29, 1.82) is 0 Å². The van der Waals surface area contributed by atoms with Gasteiger partial charge in [0, 0.05) is 0 Å². The lowest BCUT2D eigenvalue weighted by Gasteiger charge is -2.12. The molecule has 0 atom stereocenters. The Labute approximate surface area is 181 Å². The predicted octanol–water partition coefficient (Wildman–Crippen LogP) is 3.17. The number of sulfonamides is 1. The molecule has 8 nitrogen and oxygen atoms in total. The van der Waals surface area contributed by atoms with Crippen LogP contribution in [0, 0.1) is 0 Å². The highest BCUT2D eigenvalue weighted by Crippen LogP contribution is 2.30. The second kappa shape index (κ2) is 9.63. The van der Waals surface area contributed by atoms with Crippen molar-refractivity contribution >= 4 is 26.4 Å².